The zero-order valence-corrected chi connectivity index (χ0v) is 17.1. The SMILES string of the molecule is Cc1c(C(=O)c2ccccc2)cccc1-c1cccc(C(=O)c2ccccc2)c1C. The Morgan fingerprint density at radius 1 is 0.467 bits per heavy atom. The van der Waals surface area contributed by atoms with Crippen LogP contribution in [0.15, 0.2) is 97.1 Å². The first-order valence-corrected chi connectivity index (χ1v) is 9.97. The van der Waals surface area contributed by atoms with Crippen LogP contribution in [0.4, 0.5) is 0 Å². The molecule has 0 unspecified atom stereocenters. The Kier molecular flexibility index (Phi) is 5.40. The Morgan fingerprint density at radius 2 is 0.833 bits per heavy atom. The van der Waals surface area contributed by atoms with Gasteiger partial charge in [-0.2, -0.15) is 0 Å². The Labute approximate surface area is 176 Å². The van der Waals surface area contributed by atoms with Crippen LogP contribution in [0.25, 0.3) is 11.1 Å². The number of rotatable bonds is 5. The zero-order valence-electron chi connectivity index (χ0n) is 17.1. The quantitative estimate of drug-likeness (QED) is 0.368. The summed E-state index contributed by atoms with van der Waals surface area (Å²) in [4.78, 5) is 26.1. The third kappa shape index (κ3) is 3.60. The van der Waals surface area contributed by atoms with Gasteiger partial charge in [0.2, 0.25) is 0 Å². The van der Waals surface area contributed by atoms with E-state index in [9.17, 15) is 9.59 Å². The van der Waals surface area contributed by atoms with Crippen molar-refractivity contribution in [3.8, 4) is 11.1 Å². The van der Waals surface area contributed by atoms with Crippen LogP contribution in [0.2, 0.25) is 0 Å². The molecule has 0 aromatic heterocycles. The molecule has 0 saturated carbocycles. The minimum atomic E-state index is 0.00381. The highest BCUT2D eigenvalue weighted by atomic mass is 16.1. The molecule has 0 heterocycles. The summed E-state index contributed by atoms with van der Waals surface area (Å²) in [5.74, 6) is 0.00763. The van der Waals surface area contributed by atoms with Gasteiger partial charge >= 0.3 is 0 Å². The van der Waals surface area contributed by atoms with Crippen LogP contribution in [-0.2, 0) is 0 Å². The average molecular weight is 390 g/mol. The predicted octanol–water partition coefficient (Wildman–Crippen LogP) is 6.43. The molecule has 0 aliphatic heterocycles. The summed E-state index contributed by atoms with van der Waals surface area (Å²) in [7, 11) is 0. The summed E-state index contributed by atoms with van der Waals surface area (Å²) in [5, 5.41) is 0. The zero-order chi connectivity index (χ0) is 21.1. The molecule has 4 aromatic carbocycles. The third-order valence-corrected chi connectivity index (χ3v) is 5.52. The molecule has 0 atom stereocenters. The van der Waals surface area contributed by atoms with Crippen molar-refractivity contribution >= 4 is 11.6 Å². The molecule has 2 heteroatoms. The fourth-order valence-corrected chi connectivity index (χ4v) is 3.84. The molecule has 0 fully saturated rings. The molecule has 4 aromatic rings. The second kappa shape index (κ2) is 8.30. The fourth-order valence-electron chi connectivity index (χ4n) is 3.84. The van der Waals surface area contributed by atoms with E-state index in [1.165, 1.54) is 0 Å². The van der Waals surface area contributed by atoms with Crippen molar-refractivity contribution in [2.75, 3.05) is 0 Å². The topological polar surface area (TPSA) is 34.1 Å². The van der Waals surface area contributed by atoms with E-state index >= 15 is 0 Å². The normalized spacial score (nSPS) is 10.6. The molecule has 0 aliphatic carbocycles. The largest absolute Gasteiger partial charge is 0.289 e. The van der Waals surface area contributed by atoms with Crippen molar-refractivity contribution in [3.05, 3.63) is 130 Å². The maximum absolute atomic E-state index is 13.0. The van der Waals surface area contributed by atoms with Crippen LogP contribution >= 0.6 is 0 Å². The van der Waals surface area contributed by atoms with Crippen LogP contribution in [0, 0.1) is 13.8 Å². The number of hydrogen-bond acceptors (Lipinski definition) is 2. The minimum absolute atomic E-state index is 0.00381. The summed E-state index contributed by atoms with van der Waals surface area (Å²) in [6, 6.07) is 30.2. The smallest absolute Gasteiger partial charge is 0.193 e. The minimum Gasteiger partial charge on any atom is -0.289 e. The highest BCUT2D eigenvalue weighted by Gasteiger charge is 2.18. The van der Waals surface area contributed by atoms with Crippen LogP contribution in [-0.4, -0.2) is 11.6 Å². The van der Waals surface area contributed by atoms with Crippen LogP contribution in [0.3, 0.4) is 0 Å². The summed E-state index contributed by atoms with van der Waals surface area (Å²) in [5.41, 5.74) is 6.47. The summed E-state index contributed by atoms with van der Waals surface area (Å²) in [6.45, 7) is 3.94. The van der Waals surface area contributed by atoms with E-state index in [2.05, 4.69) is 0 Å². The lowest BCUT2D eigenvalue weighted by Gasteiger charge is -2.15. The van der Waals surface area contributed by atoms with Gasteiger partial charge in [0.15, 0.2) is 11.6 Å². The number of benzene rings is 4. The highest BCUT2D eigenvalue weighted by molar-refractivity contribution is 6.12. The molecular formula is C28H22O2. The first kappa shape index (κ1) is 19.5. The van der Waals surface area contributed by atoms with Crippen molar-refractivity contribution in [2.24, 2.45) is 0 Å². The van der Waals surface area contributed by atoms with Gasteiger partial charge in [-0.1, -0.05) is 97.1 Å². The first-order chi connectivity index (χ1) is 14.6. The van der Waals surface area contributed by atoms with Crippen molar-refractivity contribution in [1.82, 2.24) is 0 Å². The molecule has 146 valence electrons. The Bertz CT molecular complexity index is 1120. The van der Waals surface area contributed by atoms with Gasteiger partial charge in [0.25, 0.3) is 0 Å². The number of hydrogen-bond donors (Lipinski definition) is 0. The summed E-state index contributed by atoms with van der Waals surface area (Å²) >= 11 is 0. The van der Waals surface area contributed by atoms with Crippen molar-refractivity contribution in [2.45, 2.75) is 13.8 Å². The van der Waals surface area contributed by atoms with Crippen molar-refractivity contribution in [1.29, 1.82) is 0 Å². The molecule has 0 amide bonds. The van der Waals surface area contributed by atoms with E-state index in [-0.39, 0.29) is 11.6 Å². The maximum atomic E-state index is 13.0. The van der Waals surface area contributed by atoms with Crippen LogP contribution < -0.4 is 0 Å². The Hall–Kier alpha value is -3.78. The number of ketones is 2. The first-order valence-electron chi connectivity index (χ1n) is 9.97. The van der Waals surface area contributed by atoms with Crippen LogP contribution in [0.5, 0.6) is 0 Å². The van der Waals surface area contributed by atoms with E-state index in [1.54, 1.807) is 0 Å². The van der Waals surface area contributed by atoms with Gasteiger partial charge in [-0.05, 0) is 36.1 Å². The lowest BCUT2D eigenvalue weighted by Crippen LogP contribution is -2.06. The molecule has 0 radical (unpaired) electrons. The van der Waals surface area contributed by atoms with Gasteiger partial charge in [0.05, 0.1) is 0 Å². The monoisotopic (exact) mass is 390 g/mol. The van der Waals surface area contributed by atoms with Crippen molar-refractivity contribution in [3.63, 3.8) is 0 Å². The van der Waals surface area contributed by atoms with E-state index in [4.69, 9.17) is 0 Å². The van der Waals surface area contributed by atoms with Gasteiger partial charge in [-0.25, -0.2) is 0 Å². The molecular weight excluding hydrogens is 368 g/mol. The van der Waals surface area contributed by atoms with Gasteiger partial charge in [0.1, 0.15) is 0 Å². The Balaban J connectivity index is 1.79. The van der Waals surface area contributed by atoms with Gasteiger partial charge in [0, 0.05) is 22.3 Å². The summed E-state index contributed by atoms with van der Waals surface area (Å²) < 4.78 is 0. The fraction of sp³-hybridized carbons (Fsp3) is 0.0714. The second-order valence-electron chi connectivity index (χ2n) is 7.35. The molecule has 30 heavy (non-hydrogen) atoms. The molecule has 0 N–H and O–H groups in total. The lowest BCUT2D eigenvalue weighted by atomic mass is 9.88. The molecule has 4 rings (SSSR count). The highest BCUT2D eigenvalue weighted by Crippen LogP contribution is 2.31. The second-order valence-corrected chi connectivity index (χ2v) is 7.35. The van der Waals surface area contributed by atoms with Crippen molar-refractivity contribution < 1.29 is 9.59 Å². The molecule has 0 aliphatic rings. The Morgan fingerprint density at radius 3 is 1.20 bits per heavy atom. The standard InChI is InChI=1S/C28H22O2/c1-19-23(15-9-17-25(19)27(29)21-11-5-3-6-12-21)24-16-10-18-26(20(24)2)28(30)22-13-7-4-8-14-22/h3-18H,1-2H3. The molecule has 0 saturated heterocycles. The van der Waals surface area contributed by atoms with Gasteiger partial charge < -0.3 is 0 Å². The van der Waals surface area contributed by atoms with Gasteiger partial charge in [-0.3, -0.25) is 9.59 Å². The van der Waals surface area contributed by atoms with Gasteiger partial charge in [-0.15, -0.1) is 0 Å². The number of carbonyl (C=O) groups excluding carboxylic acids is 2. The average Bonchev–Trinajstić information content (AvgIpc) is 2.80. The van der Waals surface area contributed by atoms with E-state index < -0.39 is 0 Å². The van der Waals surface area contributed by atoms with E-state index in [0.29, 0.717) is 22.3 Å². The third-order valence-electron chi connectivity index (χ3n) is 5.52. The number of carbonyl (C=O) groups is 2. The molecule has 2 nitrogen and oxygen atoms in total. The molecule has 0 bridgehead atoms. The molecule has 0 spiro atoms. The predicted molar refractivity (Wildman–Crippen MR) is 121 cm³/mol. The van der Waals surface area contributed by atoms with Crippen LogP contribution in [0.1, 0.15) is 43.0 Å². The maximum Gasteiger partial charge on any atom is 0.193 e. The lowest BCUT2D eigenvalue weighted by molar-refractivity contribution is 0.103. The van der Waals surface area contributed by atoms with E-state index in [0.717, 1.165) is 22.3 Å². The van der Waals surface area contributed by atoms with E-state index in [1.807, 2.05) is 111 Å². The summed E-state index contributed by atoms with van der Waals surface area (Å²) in [6.07, 6.45) is 0.